The molecule has 5 nitrogen and oxygen atoms in total. The van der Waals surface area contributed by atoms with E-state index in [-0.39, 0.29) is 18.8 Å². The number of hydrogen-bond donors (Lipinski definition) is 0. The van der Waals surface area contributed by atoms with E-state index in [4.69, 9.17) is 4.74 Å². The number of carboxylic acid groups (broad SMARTS) is 1. The number of aliphatic carboxylic acids is 1. The smallest absolute Gasteiger partial charge is 0.306 e. The third-order valence-electron chi connectivity index (χ3n) is 3.54. The number of esters is 1. The van der Waals surface area contributed by atoms with Crippen molar-refractivity contribution in [2.75, 3.05) is 27.7 Å². The van der Waals surface area contributed by atoms with Crippen LogP contribution < -0.4 is 5.11 Å². The van der Waals surface area contributed by atoms with Gasteiger partial charge in [-0.25, -0.2) is 0 Å². The summed E-state index contributed by atoms with van der Waals surface area (Å²) in [6.07, 6.45) is 16.6. The maximum Gasteiger partial charge on any atom is 0.306 e. The lowest BCUT2D eigenvalue weighted by molar-refractivity contribution is -0.873. The van der Waals surface area contributed by atoms with Crippen LogP contribution in [0.15, 0.2) is 36.5 Å². The fraction of sp³-hybridized carbons (Fsp3) is 0.619. The minimum atomic E-state index is -1.20. The van der Waals surface area contributed by atoms with Crippen molar-refractivity contribution in [1.29, 1.82) is 0 Å². The summed E-state index contributed by atoms with van der Waals surface area (Å²) in [5.74, 6) is -1.59. The highest BCUT2D eigenvalue weighted by atomic mass is 16.5. The largest absolute Gasteiger partial charge is 0.550 e. The van der Waals surface area contributed by atoms with E-state index >= 15 is 0 Å². The molecule has 0 aromatic rings. The average Bonchev–Trinajstić information content (AvgIpc) is 2.50. The van der Waals surface area contributed by atoms with Gasteiger partial charge in [-0.3, -0.25) is 4.79 Å². The zero-order valence-electron chi connectivity index (χ0n) is 16.8. The van der Waals surface area contributed by atoms with E-state index in [1.807, 2.05) is 51.5 Å². The molecule has 1 atom stereocenters. The second-order valence-electron chi connectivity index (χ2n) is 7.44. The molecule has 0 aliphatic heterocycles. The molecule has 0 fully saturated rings. The minimum Gasteiger partial charge on any atom is -0.550 e. The van der Waals surface area contributed by atoms with E-state index in [0.29, 0.717) is 17.4 Å². The van der Waals surface area contributed by atoms with Crippen LogP contribution in [0.5, 0.6) is 0 Å². The number of likely N-dealkylation sites (N-methyl/N-ethyl adjacent to an activating group) is 1. The normalized spacial score (nSPS) is 13.7. The van der Waals surface area contributed by atoms with Crippen LogP contribution in [-0.4, -0.2) is 50.2 Å². The van der Waals surface area contributed by atoms with Crippen LogP contribution in [0.4, 0.5) is 0 Å². The first kappa shape index (κ1) is 24.1. The summed E-state index contributed by atoms with van der Waals surface area (Å²) in [4.78, 5) is 22.7. The first-order chi connectivity index (χ1) is 12.2. The van der Waals surface area contributed by atoms with Gasteiger partial charge in [0.2, 0.25) is 0 Å². The number of rotatable bonds is 14. The summed E-state index contributed by atoms with van der Waals surface area (Å²) in [7, 11) is 5.76. The highest BCUT2D eigenvalue weighted by Crippen LogP contribution is 2.07. The minimum absolute atomic E-state index is 0.234. The van der Waals surface area contributed by atoms with Crippen LogP contribution >= 0.6 is 0 Å². The Bertz CT molecular complexity index is 487. The van der Waals surface area contributed by atoms with Crippen LogP contribution in [0.25, 0.3) is 0 Å². The second-order valence-corrected chi connectivity index (χ2v) is 7.44. The van der Waals surface area contributed by atoms with E-state index in [2.05, 4.69) is 13.0 Å². The topological polar surface area (TPSA) is 66.4 Å². The summed E-state index contributed by atoms with van der Waals surface area (Å²) < 4.78 is 5.81. The maximum absolute atomic E-state index is 11.9. The summed E-state index contributed by atoms with van der Waals surface area (Å²) in [6, 6.07) is 0. The fourth-order valence-corrected chi connectivity index (χ4v) is 2.38. The van der Waals surface area contributed by atoms with Gasteiger partial charge in [0.1, 0.15) is 6.54 Å². The molecule has 0 aliphatic carbocycles. The number of hydrogen-bond acceptors (Lipinski definition) is 4. The molecule has 148 valence electrons. The van der Waals surface area contributed by atoms with Crippen LogP contribution in [0.2, 0.25) is 0 Å². The van der Waals surface area contributed by atoms with Gasteiger partial charge in [0.25, 0.3) is 0 Å². The van der Waals surface area contributed by atoms with Gasteiger partial charge in [-0.15, -0.1) is 0 Å². The number of nitrogens with zero attached hydrogens (tertiary/aromatic N) is 1. The first-order valence-corrected chi connectivity index (χ1v) is 9.42. The molecule has 0 spiro atoms. The van der Waals surface area contributed by atoms with Crippen LogP contribution in [0, 0.1) is 0 Å². The Balaban J connectivity index is 4.09. The van der Waals surface area contributed by atoms with E-state index < -0.39 is 12.1 Å². The first-order valence-electron chi connectivity index (χ1n) is 9.42. The Labute approximate surface area is 158 Å². The summed E-state index contributed by atoms with van der Waals surface area (Å²) >= 11 is 0. The third-order valence-corrected chi connectivity index (χ3v) is 3.54. The van der Waals surface area contributed by atoms with Gasteiger partial charge in [-0.2, -0.15) is 0 Å². The average molecular weight is 366 g/mol. The number of carbonyl (C=O) groups is 2. The van der Waals surface area contributed by atoms with Crippen molar-refractivity contribution in [2.45, 2.75) is 58.0 Å². The molecule has 0 saturated heterocycles. The number of allylic oxidation sites excluding steroid dienone is 6. The van der Waals surface area contributed by atoms with Gasteiger partial charge in [0.15, 0.2) is 6.10 Å². The predicted octanol–water partition coefficient (Wildman–Crippen LogP) is 2.77. The monoisotopic (exact) mass is 365 g/mol. The van der Waals surface area contributed by atoms with Crippen molar-refractivity contribution >= 4 is 11.9 Å². The summed E-state index contributed by atoms with van der Waals surface area (Å²) in [6.45, 7) is 2.63. The fourth-order valence-electron chi connectivity index (χ4n) is 2.38. The molecule has 0 saturated carbocycles. The van der Waals surface area contributed by atoms with Gasteiger partial charge in [0, 0.05) is 18.8 Å². The zero-order chi connectivity index (χ0) is 19.8. The molecule has 1 unspecified atom stereocenters. The Hall–Kier alpha value is -1.88. The Morgan fingerprint density at radius 3 is 2.15 bits per heavy atom. The molecule has 0 aromatic heterocycles. The quantitative estimate of drug-likeness (QED) is 0.205. The number of quaternary nitrogens is 1. The Morgan fingerprint density at radius 2 is 1.62 bits per heavy atom. The van der Waals surface area contributed by atoms with Crippen molar-refractivity contribution in [3.8, 4) is 0 Å². The number of carbonyl (C=O) groups excluding carboxylic acids is 2. The zero-order valence-corrected chi connectivity index (χ0v) is 16.8. The van der Waals surface area contributed by atoms with Crippen LogP contribution in [0.3, 0.4) is 0 Å². The highest BCUT2D eigenvalue weighted by Gasteiger charge is 2.22. The Kier molecular flexibility index (Phi) is 13.3. The molecule has 0 N–H and O–H groups in total. The highest BCUT2D eigenvalue weighted by molar-refractivity contribution is 5.71. The molecule has 0 heterocycles. The predicted molar refractivity (Wildman–Crippen MR) is 103 cm³/mol. The summed E-state index contributed by atoms with van der Waals surface area (Å²) in [5, 5.41) is 10.8. The van der Waals surface area contributed by atoms with Gasteiger partial charge in [-0.05, 0) is 19.3 Å². The SMILES string of the molecule is CCCCC/C=C/C=C/C=C/CCC(=O)OC(CC(=O)[O-])C[N+](C)(C)C. The molecule has 0 radical (unpaired) electrons. The second kappa shape index (κ2) is 14.3. The number of carboxylic acids is 1. The van der Waals surface area contributed by atoms with Crippen LogP contribution in [-0.2, 0) is 14.3 Å². The molecule has 5 heteroatoms. The van der Waals surface area contributed by atoms with E-state index in [0.717, 1.165) is 6.42 Å². The van der Waals surface area contributed by atoms with Gasteiger partial charge >= 0.3 is 5.97 Å². The van der Waals surface area contributed by atoms with Crippen LogP contribution in [0.1, 0.15) is 51.9 Å². The molecule has 0 aliphatic rings. The lowest BCUT2D eigenvalue weighted by Gasteiger charge is -2.29. The van der Waals surface area contributed by atoms with Crippen molar-refractivity contribution in [2.24, 2.45) is 0 Å². The van der Waals surface area contributed by atoms with Crippen molar-refractivity contribution in [1.82, 2.24) is 0 Å². The molecule has 0 rings (SSSR count). The van der Waals surface area contributed by atoms with Gasteiger partial charge < -0.3 is 19.1 Å². The van der Waals surface area contributed by atoms with Crippen molar-refractivity contribution < 1.29 is 23.9 Å². The van der Waals surface area contributed by atoms with Gasteiger partial charge in [0.05, 0.1) is 21.1 Å². The van der Waals surface area contributed by atoms with E-state index in [9.17, 15) is 14.7 Å². The number of ether oxygens (including phenoxy) is 1. The molecule has 0 aromatic carbocycles. The lowest BCUT2D eigenvalue weighted by atomic mass is 10.2. The lowest BCUT2D eigenvalue weighted by Crippen LogP contribution is -2.45. The number of unbranched alkanes of at least 4 members (excludes halogenated alkanes) is 3. The third kappa shape index (κ3) is 17.0. The van der Waals surface area contributed by atoms with Crippen molar-refractivity contribution in [3.05, 3.63) is 36.5 Å². The molecular weight excluding hydrogens is 330 g/mol. The molecule has 0 bridgehead atoms. The molecule has 0 amide bonds. The molecule has 26 heavy (non-hydrogen) atoms. The standard InChI is InChI=1S/C21H35NO4/c1-5-6-7-8-9-10-11-12-13-14-15-16-21(25)26-19(17-20(23)24)18-22(2,3)4/h9-14,19H,5-8,15-18H2,1-4H3/b10-9+,12-11+,14-13+. The Morgan fingerprint density at radius 1 is 1.00 bits per heavy atom. The van der Waals surface area contributed by atoms with Gasteiger partial charge in [-0.1, -0.05) is 56.2 Å². The molecular formula is C21H35NO4. The maximum atomic E-state index is 11.9. The van der Waals surface area contributed by atoms with E-state index in [1.54, 1.807) is 0 Å². The van der Waals surface area contributed by atoms with Crippen molar-refractivity contribution in [3.63, 3.8) is 0 Å². The summed E-state index contributed by atoms with van der Waals surface area (Å²) in [5.41, 5.74) is 0. The van der Waals surface area contributed by atoms with E-state index in [1.165, 1.54) is 19.3 Å².